The number of ether oxygens (including phenoxy) is 2. The van der Waals surface area contributed by atoms with Crippen molar-refractivity contribution in [2.24, 2.45) is 5.92 Å². The third kappa shape index (κ3) is 6.05. The summed E-state index contributed by atoms with van der Waals surface area (Å²) in [5, 5.41) is 3.76. The second kappa shape index (κ2) is 10.7. The monoisotopic (exact) mass is 444 g/mol. The van der Waals surface area contributed by atoms with Gasteiger partial charge in [-0.05, 0) is 44.0 Å². The Morgan fingerprint density at radius 2 is 2.00 bits per heavy atom. The van der Waals surface area contributed by atoms with Crippen molar-refractivity contribution in [3.05, 3.63) is 41.5 Å². The van der Waals surface area contributed by atoms with Crippen LogP contribution in [0.4, 0.5) is 0 Å². The number of hydrogen-bond acceptors (Lipinski definition) is 8. The number of carbonyl (C=O) groups is 3. The molecule has 1 fully saturated rings. The van der Waals surface area contributed by atoms with E-state index in [4.69, 9.17) is 14.0 Å². The maximum Gasteiger partial charge on any atom is 0.310 e. The number of hydrogen-bond donors (Lipinski definition) is 0. The first-order valence-electron chi connectivity index (χ1n) is 10.6. The zero-order chi connectivity index (χ0) is 23.1. The number of piperidine rings is 1. The summed E-state index contributed by atoms with van der Waals surface area (Å²) in [6, 6.07) is 6.62. The first kappa shape index (κ1) is 23.2. The van der Waals surface area contributed by atoms with Crippen LogP contribution < -0.4 is 4.74 Å². The van der Waals surface area contributed by atoms with E-state index in [1.165, 1.54) is 4.90 Å². The predicted molar refractivity (Wildman–Crippen MR) is 113 cm³/mol. The molecule has 1 aliphatic rings. The van der Waals surface area contributed by atoms with Gasteiger partial charge in [0.1, 0.15) is 5.75 Å². The van der Waals surface area contributed by atoms with Crippen LogP contribution in [0.3, 0.4) is 0 Å². The summed E-state index contributed by atoms with van der Waals surface area (Å²) >= 11 is 0. The fourth-order valence-corrected chi connectivity index (χ4v) is 3.49. The molecule has 2 aromatic rings. The second-order valence-corrected chi connectivity index (χ2v) is 7.63. The number of likely N-dealkylation sites (N-methyl/N-ethyl adjacent to an activating group) is 1. The lowest BCUT2D eigenvalue weighted by Crippen LogP contribution is -2.47. The maximum atomic E-state index is 12.7. The lowest BCUT2D eigenvalue weighted by molar-refractivity contribution is -0.151. The zero-order valence-corrected chi connectivity index (χ0v) is 18.6. The highest BCUT2D eigenvalue weighted by atomic mass is 16.5. The van der Waals surface area contributed by atoms with Gasteiger partial charge in [0.2, 0.25) is 17.6 Å². The molecule has 2 amide bonds. The van der Waals surface area contributed by atoms with Gasteiger partial charge >= 0.3 is 5.97 Å². The van der Waals surface area contributed by atoms with Gasteiger partial charge in [-0.2, -0.15) is 4.98 Å². The molecule has 1 aromatic carbocycles. The van der Waals surface area contributed by atoms with Crippen molar-refractivity contribution in [1.82, 2.24) is 19.9 Å². The molecule has 10 heteroatoms. The number of esters is 1. The van der Waals surface area contributed by atoms with Crippen LogP contribution in [0.2, 0.25) is 0 Å². The zero-order valence-electron chi connectivity index (χ0n) is 18.6. The molecular weight excluding hydrogens is 416 g/mol. The highest BCUT2D eigenvalue weighted by Crippen LogP contribution is 2.19. The van der Waals surface area contributed by atoms with Crippen LogP contribution >= 0.6 is 0 Å². The Hall–Kier alpha value is -3.43. The minimum Gasteiger partial charge on any atom is -0.485 e. The molecule has 1 aromatic heterocycles. The molecule has 1 atom stereocenters. The largest absolute Gasteiger partial charge is 0.485 e. The summed E-state index contributed by atoms with van der Waals surface area (Å²) in [4.78, 5) is 44.5. The van der Waals surface area contributed by atoms with Gasteiger partial charge in [0.05, 0.1) is 19.1 Å². The molecule has 0 bridgehead atoms. The molecule has 3 rings (SSSR count). The Labute approximate surface area is 186 Å². The summed E-state index contributed by atoms with van der Waals surface area (Å²) < 4.78 is 15.5. The Bertz CT molecular complexity index is 942. The SMILES string of the molecule is CCOC(=O)C1CCCN(C(=O)CN(C)C(=O)c2ccc(OCc3noc(C)n3)cc2)C1. The van der Waals surface area contributed by atoms with E-state index in [1.807, 2.05) is 0 Å². The molecule has 0 radical (unpaired) electrons. The molecule has 1 unspecified atom stereocenters. The smallest absolute Gasteiger partial charge is 0.310 e. The van der Waals surface area contributed by atoms with E-state index in [0.29, 0.717) is 49.1 Å². The first-order chi connectivity index (χ1) is 15.4. The van der Waals surface area contributed by atoms with Crippen LogP contribution in [-0.4, -0.2) is 71.0 Å². The second-order valence-electron chi connectivity index (χ2n) is 7.63. The summed E-state index contributed by atoms with van der Waals surface area (Å²) in [6.07, 6.45) is 1.44. The third-order valence-corrected chi connectivity index (χ3v) is 5.15. The number of carbonyl (C=O) groups excluding carboxylic acids is 3. The van der Waals surface area contributed by atoms with E-state index in [0.717, 1.165) is 6.42 Å². The third-order valence-electron chi connectivity index (χ3n) is 5.15. The van der Waals surface area contributed by atoms with Gasteiger partial charge in [0, 0.05) is 32.6 Å². The number of amides is 2. The van der Waals surface area contributed by atoms with E-state index in [-0.39, 0.29) is 36.9 Å². The Kier molecular flexibility index (Phi) is 7.80. The van der Waals surface area contributed by atoms with Crippen LogP contribution in [0.5, 0.6) is 5.75 Å². The fraction of sp³-hybridized carbons (Fsp3) is 0.500. The quantitative estimate of drug-likeness (QED) is 0.567. The van der Waals surface area contributed by atoms with Crippen LogP contribution in [-0.2, 0) is 20.9 Å². The summed E-state index contributed by atoms with van der Waals surface area (Å²) in [5.41, 5.74) is 0.436. The average molecular weight is 444 g/mol. The summed E-state index contributed by atoms with van der Waals surface area (Å²) in [5.74, 6) is 0.402. The van der Waals surface area contributed by atoms with Crippen molar-refractivity contribution in [3.8, 4) is 5.75 Å². The molecule has 0 aliphatic carbocycles. The van der Waals surface area contributed by atoms with Crippen LogP contribution in [0.1, 0.15) is 41.8 Å². The first-order valence-corrected chi connectivity index (χ1v) is 10.6. The van der Waals surface area contributed by atoms with Gasteiger partial charge in [-0.1, -0.05) is 5.16 Å². The standard InChI is InChI=1S/C22H28N4O6/c1-4-30-22(29)17-6-5-11-26(12-17)20(27)13-25(3)21(28)16-7-9-18(10-8-16)31-14-19-23-15(2)32-24-19/h7-10,17H,4-6,11-14H2,1-3H3. The molecule has 1 saturated heterocycles. The fourth-order valence-electron chi connectivity index (χ4n) is 3.49. The number of likely N-dealkylation sites (tertiary alicyclic amines) is 1. The number of rotatable bonds is 8. The molecule has 32 heavy (non-hydrogen) atoms. The van der Waals surface area contributed by atoms with Gasteiger partial charge in [-0.3, -0.25) is 14.4 Å². The van der Waals surface area contributed by atoms with Gasteiger partial charge in [0.25, 0.3) is 5.91 Å². The minimum atomic E-state index is -0.308. The molecule has 0 saturated carbocycles. The molecule has 10 nitrogen and oxygen atoms in total. The van der Waals surface area contributed by atoms with E-state index in [2.05, 4.69) is 10.1 Å². The van der Waals surface area contributed by atoms with Crippen molar-refractivity contribution in [1.29, 1.82) is 0 Å². The van der Waals surface area contributed by atoms with Crippen molar-refractivity contribution >= 4 is 17.8 Å². The van der Waals surface area contributed by atoms with E-state index in [9.17, 15) is 14.4 Å². The van der Waals surface area contributed by atoms with Gasteiger partial charge in [-0.25, -0.2) is 0 Å². The highest BCUT2D eigenvalue weighted by Gasteiger charge is 2.30. The summed E-state index contributed by atoms with van der Waals surface area (Å²) in [7, 11) is 1.58. The lowest BCUT2D eigenvalue weighted by atomic mass is 9.98. The minimum absolute atomic E-state index is 0.0657. The van der Waals surface area contributed by atoms with Crippen molar-refractivity contribution in [2.45, 2.75) is 33.3 Å². The molecular formula is C22H28N4O6. The summed E-state index contributed by atoms with van der Waals surface area (Å²) in [6.45, 7) is 4.76. The van der Waals surface area contributed by atoms with Crippen LogP contribution in [0, 0.1) is 12.8 Å². The van der Waals surface area contributed by atoms with Gasteiger partial charge < -0.3 is 23.8 Å². The van der Waals surface area contributed by atoms with E-state index in [1.54, 1.807) is 50.1 Å². The number of nitrogens with zero attached hydrogens (tertiary/aromatic N) is 4. The van der Waals surface area contributed by atoms with E-state index >= 15 is 0 Å². The lowest BCUT2D eigenvalue weighted by Gasteiger charge is -2.32. The number of benzene rings is 1. The van der Waals surface area contributed by atoms with Gasteiger partial charge in [0.15, 0.2) is 6.61 Å². The number of aryl methyl sites for hydroxylation is 1. The normalized spacial score (nSPS) is 15.8. The molecule has 2 heterocycles. The van der Waals surface area contributed by atoms with E-state index < -0.39 is 0 Å². The average Bonchev–Trinajstić information content (AvgIpc) is 3.22. The maximum absolute atomic E-state index is 12.7. The molecule has 0 spiro atoms. The van der Waals surface area contributed by atoms with Crippen molar-refractivity contribution in [2.75, 3.05) is 33.3 Å². The van der Waals surface area contributed by atoms with Crippen molar-refractivity contribution < 1.29 is 28.4 Å². The molecule has 172 valence electrons. The Balaban J connectivity index is 1.51. The topological polar surface area (TPSA) is 115 Å². The molecule has 0 N–H and O–H groups in total. The van der Waals surface area contributed by atoms with Crippen LogP contribution in [0.25, 0.3) is 0 Å². The van der Waals surface area contributed by atoms with Gasteiger partial charge in [-0.15, -0.1) is 0 Å². The number of aromatic nitrogens is 2. The van der Waals surface area contributed by atoms with Crippen LogP contribution in [0.15, 0.2) is 28.8 Å². The van der Waals surface area contributed by atoms with Crippen molar-refractivity contribution in [3.63, 3.8) is 0 Å². The molecule has 1 aliphatic heterocycles. The Morgan fingerprint density at radius 3 is 2.66 bits per heavy atom. The predicted octanol–water partition coefficient (Wildman–Crippen LogP) is 1.83. The highest BCUT2D eigenvalue weighted by molar-refractivity contribution is 5.96. The Morgan fingerprint density at radius 1 is 1.25 bits per heavy atom.